The lowest BCUT2D eigenvalue weighted by Gasteiger charge is -2.71. The van der Waals surface area contributed by atoms with Crippen LogP contribution in [0.25, 0.3) is 0 Å². The molecule has 158 valence electrons. The Bertz CT molecular complexity index is 864. The third-order valence-corrected chi connectivity index (χ3v) is 7.05. The molecule has 3 fully saturated rings. The summed E-state index contributed by atoms with van der Waals surface area (Å²) in [6.45, 7) is 3.78. The van der Waals surface area contributed by atoms with Crippen molar-refractivity contribution in [1.29, 1.82) is 0 Å². The maximum Gasteiger partial charge on any atom is 0.226 e. The number of carbonyl (C=O) groups excluding carboxylic acids is 1. The summed E-state index contributed by atoms with van der Waals surface area (Å²) < 4.78 is 5.47. The van der Waals surface area contributed by atoms with Crippen molar-refractivity contribution >= 4 is 5.91 Å². The van der Waals surface area contributed by atoms with Crippen LogP contribution in [0.3, 0.4) is 0 Å². The summed E-state index contributed by atoms with van der Waals surface area (Å²) >= 11 is 0. The van der Waals surface area contributed by atoms with E-state index in [1.54, 1.807) is 6.20 Å². The summed E-state index contributed by atoms with van der Waals surface area (Å²) in [6, 6.07) is 14.3. The highest BCUT2D eigenvalue weighted by molar-refractivity contribution is 5.82. The van der Waals surface area contributed by atoms with Gasteiger partial charge in [0.25, 0.3) is 0 Å². The first kappa shape index (κ1) is 19.7. The summed E-state index contributed by atoms with van der Waals surface area (Å²) in [4.78, 5) is 22.2. The molecule has 1 aromatic heterocycles. The zero-order valence-corrected chi connectivity index (χ0v) is 17.2. The normalized spacial score (nSPS) is 26.2. The number of nitrogens with zero attached hydrogens (tertiary/aromatic N) is 3. The molecule has 0 radical (unpaired) electrons. The molecule has 0 saturated carbocycles. The van der Waals surface area contributed by atoms with E-state index in [9.17, 15) is 9.90 Å². The maximum absolute atomic E-state index is 13.5. The molecule has 3 aliphatic rings. The molecule has 5 rings (SSSR count). The van der Waals surface area contributed by atoms with Crippen LogP contribution in [0.5, 0.6) is 0 Å². The fourth-order valence-corrected chi connectivity index (χ4v) is 5.75. The fraction of sp³-hybridized carbons (Fsp3) is 0.500. The van der Waals surface area contributed by atoms with Crippen molar-refractivity contribution in [2.24, 2.45) is 5.92 Å². The average molecular weight is 408 g/mol. The monoisotopic (exact) mass is 407 g/mol. The van der Waals surface area contributed by atoms with E-state index in [1.807, 2.05) is 35.4 Å². The van der Waals surface area contributed by atoms with E-state index < -0.39 is 0 Å². The smallest absolute Gasteiger partial charge is 0.226 e. The topological polar surface area (TPSA) is 65.9 Å². The van der Waals surface area contributed by atoms with Gasteiger partial charge in [-0.3, -0.25) is 14.7 Å². The highest BCUT2D eigenvalue weighted by Crippen LogP contribution is 2.54. The number of benzene rings is 1. The fourth-order valence-electron chi connectivity index (χ4n) is 5.75. The van der Waals surface area contributed by atoms with Crippen LogP contribution in [0, 0.1) is 5.92 Å². The standard InChI is InChI=1S/C24H29N3O3/c28-15-21-22(19-6-2-1-3-7-19)24(27(21)23(29)20-8-11-30-12-9-20)16-26(17-24)14-18-5-4-10-25-13-18/h1-7,10,13,20-22,28H,8-9,11-12,14-17H2/t21-,22+/m0/s1. The summed E-state index contributed by atoms with van der Waals surface area (Å²) in [5, 5.41) is 10.2. The molecule has 6 nitrogen and oxygen atoms in total. The largest absolute Gasteiger partial charge is 0.394 e. The molecule has 0 unspecified atom stereocenters. The minimum Gasteiger partial charge on any atom is -0.394 e. The third-order valence-electron chi connectivity index (χ3n) is 7.05. The van der Waals surface area contributed by atoms with Crippen molar-refractivity contribution < 1.29 is 14.6 Å². The van der Waals surface area contributed by atoms with Crippen LogP contribution in [0.1, 0.15) is 29.9 Å². The van der Waals surface area contributed by atoms with E-state index in [2.05, 4.69) is 28.1 Å². The summed E-state index contributed by atoms with van der Waals surface area (Å²) in [5.41, 5.74) is 2.17. The van der Waals surface area contributed by atoms with Crippen LogP contribution in [0.4, 0.5) is 0 Å². The first-order chi connectivity index (χ1) is 14.7. The molecule has 1 aromatic carbocycles. The minimum absolute atomic E-state index is 0.00111. The Morgan fingerprint density at radius 3 is 2.57 bits per heavy atom. The van der Waals surface area contributed by atoms with Crippen molar-refractivity contribution in [1.82, 2.24) is 14.8 Å². The van der Waals surface area contributed by atoms with Gasteiger partial charge in [-0.05, 0) is 30.0 Å². The predicted octanol–water partition coefficient (Wildman–Crippen LogP) is 2.05. The maximum atomic E-state index is 13.5. The number of aliphatic hydroxyl groups excluding tert-OH is 1. The zero-order chi connectivity index (χ0) is 20.6. The van der Waals surface area contributed by atoms with Crippen molar-refractivity contribution in [3.8, 4) is 0 Å². The lowest BCUT2D eigenvalue weighted by Crippen LogP contribution is -2.85. The van der Waals surface area contributed by atoms with Crippen LogP contribution in [-0.2, 0) is 16.1 Å². The van der Waals surface area contributed by atoms with Gasteiger partial charge in [0.05, 0.1) is 18.2 Å². The molecule has 1 spiro atoms. The van der Waals surface area contributed by atoms with Crippen molar-refractivity contribution in [3.63, 3.8) is 0 Å². The molecule has 6 heteroatoms. The Balaban J connectivity index is 1.40. The second-order valence-electron chi connectivity index (χ2n) is 8.84. The number of aliphatic hydroxyl groups is 1. The number of rotatable bonds is 5. The SMILES string of the molecule is O=C(C1CCOCC1)N1[C@@H](CO)[C@@H](c2ccccc2)C12CN(Cc1cccnc1)C2. The average Bonchev–Trinajstić information content (AvgIpc) is 2.77. The van der Waals surface area contributed by atoms with Gasteiger partial charge in [-0.2, -0.15) is 0 Å². The van der Waals surface area contributed by atoms with E-state index in [0.717, 1.165) is 32.5 Å². The van der Waals surface area contributed by atoms with E-state index in [4.69, 9.17) is 4.74 Å². The van der Waals surface area contributed by atoms with Gasteiger partial charge in [0.2, 0.25) is 5.91 Å². The van der Waals surface area contributed by atoms with Crippen LogP contribution >= 0.6 is 0 Å². The van der Waals surface area contributed by atoms with Gasteiger partial charge in [0, 0.05) is 57.1 Å². The first-order valence-electron chi connectivity index (χ1n) is 10.9. The van der Waals surface area contributed by atoms with Gasteiger partial charge >= 0.3 is 0 Å². The van der Waals surface area contributed by atoms with Gasteiger partial charge < -0.3 is 14.7 Å². The molecule has 3 aliphatic heterocycles. The molecule has 30 heavy (non-hydrogen) atoms. The molecule has 3 saturated heterocycles. The third kappa shape index (κ3) is 3.23. The molecule has 1 amide bonds. The van der Waals surface area contributed by atoms with Gasteiger partial charge in [0.15, 0.2) is 0 Å². The van der Waals surface area contributed by atoms with Crippen molar-refractivity contribution in [2.75, 3.05) is 32.9 Å². The number of ether oxygens (including phenoxy) is 1. The van der Waals surface area contributed by atoms with Gasteiger partial charge in [0.1, 0.15) is 0 Å². The van der Waals surface area contributed by atoms with Crippen LogP contribution < -0.4 is 0 Å². The number of pyridine rings is 1. The number of likely N-dealkylation sites (tertiary alicyclic amines) is 2. The molecular weight excluding hydrogens is 378 g/mol. The molecular formula is C24H29N3O3. The van der Waals surface area contributed by atoms with Crippen molar-refractivity contribution in [3.05, 3.63) is 66.0 Å². The molecule has 4 heterocycles. The second-order valence-corrected chi connectivity index (χ2v) is 8.84. The lowest BCUT2D eigenvalue weighted by atomic mass is 9.60. The highest BCUT2D eigenvalue weighted by atomic mass is 16.5. The number of carbonyl (C=O) groups is 1. The quantitative estimate of drug-likeness (QED) is 0.822. The second kappa shape index (κ2) is 8.10. The van der Waals surface area contributed by atoms with Gasteiger partial charge in [-0.15, -0.1) is 0 Å². The molecule has 2 aromatic rings. The Kier molecular flexibility index (Phi) is 5.31. The molecule has 2 atom stereocenters. The molecule has 1 N–H and O–H groups in total. The summed E-state index contributed by atoms with van der Waals surface area (Å²) in [7, 11) is 0. The van der Waals surface area contributed by atoms with Gasteiger partial charge in [-0.1, -0.05) is 36.4 Å². The lowest BCUT2D eigenvalue weighted by molar-refractivity contribution is -0.206. The Labute approximate surface area is 177 Å². The number of hydrogen-bond donors (Lipinski definition) is 1. The van der Waals surface area contributed by atoms with E-state index in [1.165, 1.54) is 11.1 Å². The zero-order valence-electron chi connectivity index (χ0n) is 17.2. The first-order valence-corrected chi connectivity index (χ1v) is 10.9. The minimum atomic E-state index is -0.230. The highest BCUT2D eigenvalue weighted by Gasteiger charge is 2.67. The van der Waals surface area contributed by atoms with E-state index >= 15 is 0 Å². The number of aromatic nitrogens is 1. The summed E-state index contributed by atoms with van der Waals surface area (Å²) in [6.07, 6.45) is 5.25. The Morgan fingerprint density at radius 1 is 1.13 bits per heavy atom. The van der Waals surface area contributed by atoms with E-state index in [0.29, 0.717) is 13.2 Å². The van der Waals surface area contributed by atoms with E-state index in [-0.39, 0.29) is 35.9 Å². The molecule has 0 aliphatic carbocycles. The predicted molar refractivity (Wildman–Crippen MR) is 113 cm³/mol. The molecule has 0 bridgehead atoms. The van der Waals surface area contributed by atoms with Crippen LogP contribution in [0.15, 0.2) is 54.9 Å². The Morgan fingerprint density at radius 2 is 1.90 bits per heavy atom. The van der Waals surface area contributed by atoms with Gasteiger partial charge in [-0.25, -0.2) is 0 Å². The number of amides is 1. The van der Waals surface area contributed by atoms with Crippen molar-refractivity contribution in [2.45, 2.75) is 36.9 Å². The number of hydrogen-bond acceptors (Lipinski definition) is 5. The Hall–Kier alpha value is -2.28. The van der Waals surface area contributed by atoms with Crippen LogP contribution in [-0.4, -0.2) is 70.3 Å². The van der Waals surface area contributed by atoms with Crippen LogP contribution in [0.2, 0.25) is 0 Å². The summed E-state index contributed by atoms with van der Waals surface area (Å²) in [5.74, 6) is 0.372.